The van der Waals surface area contributed by atoms with Crippen LogP contribution in [0.2, 0.25) is 0 Å². The highest BCUT2D eigenvalue weighted by molar-refractivity contribution is 7.47. The lowest BCUT2D eigenvalue weighted by Gasteiger charge is -2.21. The van der Waals surface area contributed by atoms with Crippen molar-refractivity contribution in [3.8, 4) is 0 Å². The normalized spacial score (nSPS) is 15.1. The van der Waals surface area contributed by atoms with Crippen molar-refractivity contribution in [2.75, 3.05) is 39.6 Å². The molecule has 0 aromatic rings. The Morgan fingerprint density at radius 3 is 0.698 bits per heavy atom. The van der Waals surface area contributed by atoms with Crippen LogP contribution in [0.15, 0.2) is 267 Å². The number of phosphoric ester groups is 2. The number of aliphatic hydroxyl groups is 1. The maximum atomic E-state index is 13.2. The van der Waals surface area contributed by atoms with Gasteiger partial charge in [-0.25, -0.2) is 9.13 Å². The van der Waals surface area contributed by atoms with Crippen molar-refractivity contribution in [2.45, 2.75) is 277 Å². The van der Waals surface area contributed by atoms with Gasteiger partial charge in [0.05, 0.1) is 26.4 Å². The van der Waals surface area contributed by atoms with E-state index in [1.165, 1.54) is 0 Å². The molecule has 0 heterocycles. The Hall–Kier alpha value is -7.66. The number of aliphatic hydroxyl groups excluding tert-OH is 1. The number of hydrogen-bond acceptors (Lipinski definition) is 15. The number of phosphoric acid groups is 2. The molecule has 17 nitrogen and oxygen atoms in total. The quantitative estimate of drug-likeness (QED) is 0.0169. The van der Waals surface area contributed by atoms with Crippen LogP contribution in [0.5, 0.6) is 0 Å². The fourth-order valence-corrected chi connectivity index (χ4v) is 11.5. The first kappa shape index (κ1) is 108. The third-order valence-electron chi connectivity index (χ3n) is 16.2. The van der Waals surface area contributed by atoms with Crippen LogP contribution in [0, 0.1) is 0 Å². The molecule has 0 fully saturated rings. The number of rotatable bonds is 76. The summed E-state index contributed by atoms with van der Waals surface area (Å²) in [6.45, 7) is 4.12. The first-order chi connectivity index (χ1) is 56.7. The lowest BCUT2D eigenvalue weighted by atomic mass is 10.1. The Morgan fingerprint density at radius 2 is 0.440 bits per heavy atom. The molecule has 2 unspecified atom stereocenters. The molecule has 0 aliphatic heterocycles. The van der Waals surface area contributed by atoms with Crippen LogP contribution < -0.4 is 0 Å². The van der Waals surface area contributed by atoms with E-state index in [4.69, 9.17) is 37.0 Å². The average Bonchev–Trinajstić information content (AvgIpc) is 0.898. The summed E-state index contributed by atoms with van der Waals surface area (Å²) in [5.74, 6) is -2.49. The third-order valence-corrected chi connectivity index (χ3v) is 18.1. The van der Waals surface area contributed by atoms with E-state index in [2.05, 4.69) is 259 Å². The Labute approximate surface area is 700 Å². The molecule has 0 rings (SSSR count). The second-order valence-electron chi connectivity index (χ2n) is 26.9. The molecule has 0 aliphatic carbocycles. The summed E-state index contributed by atoms with van der Waals surface area (Å²) in [4.78, 5) is 73.3. The average molecular weight is 1650 g/mol. The predicted molar refractivity (Wildman–Crippen MR) is 481 cm³/mol. The maximum absolute atomic E-state index is 13.2. The van der Waals surface area contributed by atoms with Crippen molar-refractivity contribution in [2.24, 2.45) is 0 Å². The molecular formula is C97H146O17P2. The number of hydrogen-bond donors (Lipinski definition) is 3. The predicted octanol–water partition coefficient (Wildman–Crippen LogP) is 25.9. The van der Waals surface area contributed by atoms with Gasteiger partial charge in [0, 0.05) is 25.7 Å². The van der Waals surface area contributed by atoms with Gasteiger partial charge < -0.3 is 33.8 Å². The Morgan fingerprint density at radius 1 is 0.241 bits per heavy atom. The number of carbonyl (C=O) groups is 4. The van der Waals surface area contributed by atoms with Crippen LogP contribution in [0.4, 0.5) is 0 Å². The summed E-state index contributed by atoms with van der Waals surface area (Å²) in [6, 6.07) is 0. The number of carbonyl (C=O) groups excluding carboxylic acids is 4. The van der Waals surface area contributed by atoms with Crippen LogP contribution in [-0.2, 0) is 65.4 Å². The molecule has 19 heteroatoms. The largest absolute Gasteiger partial charge is 0.472 e. The van der Waals surface area contributed by atoms with E-state index in [1.807, 2.05) is 36.5 Å². The molecule has 116 heavy (non-hydrogen) atoms. The van der Waals surface area contributed by atoms with Gasteiger partial charge in [-0.3, -0.25) is 37.3 Å². The van der Waals surface area contributed by atoms with Gasteiger partial charge in [0.1, 0.15) is 19.3 Å². The molecule has 0 amide bonds. The number of ether oxygens (including phenoxy) is 4. The van der Waals surface area contributed by atoms with Crippen LogP contribution in [0.25, 0.3) is 0 Å². The minimum atomic E-state index is -5.04. The minimum Gasteiger partial charge on any atom is -0.462 e. The van der Waals surface area contributed by atoms with Crippen LogP contribution >= 0.6 is 15.6 Å². The highest BCUT2D eigenvalue weighted by Gasteiger charge is 2.30. The van der Waals surface area contributed by atoms with Crippen molar-refractivity contribution in [3.63, 3.8) is 0 Å². The number of allylic oxidation sites excluding steroid dienone is 44. The van der Waals surface area contributed by atoms with Gasteiger partial charge in [0.15, 0.2) is 12.2 Å². The molecule has 0 aromatic carbocycles. The lowest BCUT2D eigenvalue weighted by molar-refractivity contribution is -0.161. The van der Waals surface area contributed by atoms with E-state index in [-0.39, 0.29) is 25.7 Å². The van der Waals surface area contributed by atoms with Gasteiger partial charge in [-0.2, -0.15) is 0 Å². The van der Waals surface area contributed by atoms with E-state index in [1.54, 1.807) is 0 Å². The van der Waals surface area contributed by atoms with Gasteiger partial charge in [0.2, 0.25) is 0 Å². The van der Waals surface area contributed by atoms with E-state index >= 15 is 0 Å². The topological polar surface area (TPSA) is 237 Å². The van der Waals surface area contributed by atoms with Crippen LogP contribution in [-0.4, -0.2) is 96.7 Å². The summed E-state index contributed by atoms with van der Waals surface area (Å²) in [5.41, 5.74) is 0. The summed E-state index contributed by atoms with van der Waals surface area (Å²) < 4.78 is 68.6. The fraction of sp³-hybridized carbons (Fsp3) is 0.505. The molecule has 0 saturated heterocycles. The summed E-state index contributed by atoms with van der Waals surface area (Å²) in [7, 11) is -10.1. The zero-order valence-corrected chi connectivity index (χ0v) is 72.6. The monoisotopic (exact) mass is 1650 g/mol. The number of esters is 4. The van der Waals surface area contributed by atoms with Crippen LogP contribution in [0.1, 0.15) is 259 Å². The number of unbranched alkanes of at least 4 members (excludes halogenated alkanes) is 6. The molecular weight excluding hydrogens is 1500 g/mol. The zero-order chi connectivity index (χ0) is 84.5. The lowest BCUT2D eigenvalue weighted by Crippen LogP contribution is -2.30. The molecule has 0 aromatic heterocycles. The molecule has 0 radical (unpaired) electrons. The molecule has 0 saturated carbocycles. The summed E-state index contributed by atoms with van der Waals surface area (Å²) in [5, 5.41) is 10.7. The van der Waals surface area contributed by atoms with Crippen LogP contribution in [0.3, 0.4) is 0 Å². The fourth-order valence-electron chi connectivity index (χ4n) is 9.91. The molecule has 5 atom stereocenters. The standard InChI is InChI=1S/C97H146O17P2/c1-5-9-13-17-21-25-29-33-37-41-45-49-53-57-61-65-69-73-77-81-94(99)107-87-92(113-96(101)83-79-75-71-67-63-59-55-51-47-43-39-35-31-27-23-19-15-11-7-3)89-111-115(103,104)109-85-91(98)86-110-116(105,106)112-90-93(114-97(102)84-80-76-72-68-64-60-56-52-48-44-40-36-32-28-24-20-16-12-8-4)88-108-95(100)82-78-74-70-66-62-58-54-50-46-42-38-34-30-26-22-18-14-10-6-2/h9-16,21-28,33-40,45-52,57-64,69,72-73,76,91-93,98H,5-8,17-20,29-32,41-44,53-56,65-68,70-71,74-75,77-90H2,1-4H3,(H,103,104)(H,105,106)/b13-9-,14-10-,15-11-,16-12-,25-21-,26-22-,27-23-,28-24-,37-33-,38-34-,39-35-,40-36-,49-45-,50-46-,51-47-,52-48-,61-57-,62-58-,63-59-,64-60-,73-69-,76-72-/t91-,92-,93-/m1/s1. The smallest absolute Gasteiger partial charge is 0.462 e. The van der Waals surface area contributed by atoms with Gasteiger partial charge in [-0.05, 0) is 193 Å². The van der Waals surface area contributed by atoms with Crippen molar-refractivity contribution in [1.82, 2.24) is 0 Å². The van der Waals surface area contributed by atoms with Gasteiger partial charge >= 0.3 is 39.5 Å². The maximum Gasteiger partial charge on any atom is 0.472 e. The first-order valence-corrected chi connectivity index (χ1v) is 45.6. The Balaban J connectivity index is 5.64. The van der Waals surface area contributed by atoms with E-state index < -0.39 is 97.5 Å². The molecule has 0 aliphatic rings. The van der Waals surface area contributed by atoms with Crippen molar-refractivity contribution in [1.29, 1.82) is 0 Å². The molecule has 0 spiro atoms. The van der Waals surface area contributed by atoms with Crippen molar-refractivity contribution < 1.29 is 80.2 Å². The van der Waals surface area contributed by atoms with Crippen molar-refractivity contribution in [3.05, 3.63) is 267 Å². The molecule has 646 valence electrons. The van der Waals surface area contributed by atoms with E-state index in [9.17, 15) is 43.2 Å². The SMILES string of the molecule is CC/C=C\C/C=C\C/C=C\C/C=C\C/C=C\C/C=C\CCC(=O)OC[C@H](COP(=O)(O)OC[C@@H](O)COP(=O)(O)OC[C@@H](COC(=O)CCCCC/C=C\C/C=C\C/C=C\C/C=C\C/C=C\CC)OC(=O)CC/C=C\C/C=C\C/C=C\C/C=C\C/C=C\C/C=C\CC)OC(=O)CCCCC/C=C\C/C=C\C/C=C\C/C=C\C/C=C\CC. The van der Waals surface area contributed by atoms with Gasteiger partial charge in [-0.15, -0.1) is 0 Å². The highest BCUT2D eigenvalue weighted by Crippen LogP contribution is 2.45. The Kier molecular flexibility index (Phi) is 79.6. The summed E-state index contributed by atoms with van der Waals surface area (Å²) >= 11 is 0. The van der Waals surface area contributed by atoms with Gasteiger partial charge in [-0.1, -0.05) is 308 Å². The van der Waals surface area contributed by atoms with E-state index in [0.29, 0.717) is 38.5 Å². The van der Waals surface area contributed by atoms with Gasteiger partial charge in [0.25, 0.3) is 0 Å². The first-order valence-electron chi connectivity index (χ1n) is 42.6. The Bertz CT molecular complexity index is 3260. The van der Waals surface area contributed by atoms with E-state index in [0.717, 1.165) is 167 Å². The highest BCUT2D eigenvalue weighted by atomic mass is 31.2. The third kappa shape index (κ3) is 84.3. The second kappa shape index (κ2) is 85.2. The zero-order valence-electron chi connectivity index (χ0n) is 70.8. The summed E-state index contributed by atoms with van der Waals surface area (Å²) in [6.07, 6.45) is 115. The second-order valence-corrected chi connectivity index (χ2v) is 29.8. The minimum absolute atomic E-state index is 0.0133. The molecule has 0 bridgehead atoms. The van der Waals surface area contributed by atoms with Crippen molar-refractivity contribution >= 4 is 39.5 Å². The molecule has 3 N–H and O–H groups in total.